The molecule has 2 unspecified atom stereocenters. The molecule has 0 spiro atoms. The van der Waals surface area contributed by atoms with Gasteiger partial charge in [0.2, 0.25) is 5.91 Å². The van der Waals surface area contributed by atoms with Gasteiger partial charge >= 0.3 is 0 Å². The van der Waals surface area contributed by atoms with Crippen molar-refractivity contribution in [3.63, 3.8) is 0 Å². The zero-order chi connectivity index (χ0) is 16.2. The standard InChI is InChI=1S/C17H18FN3OS/c1-23-14-4-2-3-13(9-14)19-17(22)16-10-15(20-21-16)11-5-7-12(18)8-6-11/h2-9,15-16,20-21H,10H2,1H3,(H,19,22). The van der Waals surface area contributed by atoms with Crippen molar-refractivity contribution in [2.75, 3.05) is 11.6 Å². The van der Waals surface area contributed by atoms with Crippen molar-refractivity contribution in [2.24, 2.45) is 0 Å². The van der Waals surface area contributed by atoms with E-state index in [0.29, 0.717) is 6.42 Å². The number of benzene rings is 2. The first-order chi connectivity index (χ1) is 11.2. The van der Waals surface area contributed by atoms with E-state index in [4.69, 9.17) is 0 Å². The van der Waals surface area contributed by atoms with Crippen molar-refractivity contribution in [3.05, 3.63) is 59.9 Å². The fourth-order valence-electron chi connectivity index (χ4n) is 2.57. The molecule has 120 valence electrons. The van der Waals surface area contributed by atoms with Gasteiger partial charge < -0.3 is 5.32 Å². The van der Waals surface area contributed by atoms with E-state index < -0.39 is 0 Å². The number of carbonyl (C=O) groups excluding carboxylic acids is 1. The molecule has 0 aromatic heterocycles. The van der Waals surface area contributed by atoms with E-state index in [1.165, 1.54) is 12.1 Å². The van der Waals surface area contributed by atoms with E-state index in [1.807, 2.05) is 30.5 Å². The Balaban J connectivity index is 1.61. The number of amides is 1. The summed E-state index contributed by atoms with van der Waals surface area (Å²) < 4.78 is 13.0. The summed E-state index contributed by atoms with van der Waals surface area (Å²) in [5, 5.41) is 2.92. The van der Waals surface area contributed by atoms with Crippen molar-refractivity contribution in [2.45, 2.75) is 23.4 Å². The second-order valence-electron chi connectivity index (χ2n) is 5.40. The Labute approximate surface area is 138 Å². The lowest BCUT2D eigenvalue weighted by atomic mass is 10.0. The molecule has 0 radical (unpaired) electrons. The summed E-state index contributed by atoms with van der Waals surface area (Å²) in [6, 6.07) is 13.7. The van der Waals surface area contributed by atoms with Gasteiger partial charge in [0.25, 0.3) is 0 Å². The molecule has 1 fully saturated rings. The number of carbonyl (C=O) groups is 1. The topological polar surface area (TPSA) is 53.2 Å². The molecule has 2 atom stereocenters. The van der Waals surface area contributed by atoms with Crippen LogP contribution < -0.4 is 16.2 Å². The number of rotatable bonds is 4. The highest BCUT2D eigenvalue weighted by atomic mass is 32.2. The molecule has 1 saturated heterocycles. The average Bonchev–Trinajstić information content (AvgIpc) is 3.06. The van der Waals surface area contributed by atoms with Crippen LogP contribution >= 0.6 is 11.8 Å². The summed E-state index contributed by atoms with van der Waals surface area (Å²) in [7, 11) is 0. The van der Waals surface area contributed by atoms with E-state index in [9.17, 15) is 9.18 Å². The Morgan fingerprint density at radius 3 is 2.74 bits per heavy atom. The van der Waals surface area contributed by atoms with Crippen LogP contribution in [0.1, 0.15) is 18.0 Å². The summed E-state index contributed by atoms with van der Waals surface area (Å²) >= 11 is 1.63. The molecule has 3 N–H and O–H groups in total. The van der Waals surface area contributed by atoms with E-state index in [0.717, 1.165) is 16.1 Å². The molecule has 1 aliphatic rings. The Bertz CT molecular complexity index is 692. The van der Waals surface area contributed by atoms with Crippen molar-refractivity contribution < 1.29 is 9.18 Å². The number of nitrogens with one attached hydrogen (secondary N) is 3. The van der Waals surface area contributed by atoms with Crippen LogP contribution in [0.5, 0.6) is 0 Å². The number of hydrogen-bond donors (Lipinski definition) is 3. The van der Waals surface area contributed by atoms with Gasteiger partial charge in [-0.05, 0) is 48.6 Å². The van der Waals surface area contributed by atoms with E-state index in [-0.39, 0.29) is 23.8 Å². The molecule has 0 bridgehead atoms. The van der Waals surface area contributed by atoms with Gasteiger partial charge in [-0.3, -0.25) is 4.79 Å². The van der Waals surface area contributed by atoms with Crippen LogP contribution in [0.15, 0.2) is 53.4 Å². The molecule has 4 nitrogen and oxygen atoms in total. The van der Waals surface area contributed by atoms with Gasteiger partial charge in [0.1, 0.15) is 11.9 Å². The van der Waals surface area contributed by atoms with Gasteiger partial charge in [-0.15, -0.1) is 11.8 Å². The first kappa shape index (κ1) is 16.0. The predicted molar refractivity (Wildman–Crippen MR) is 90.7 cm³/mol. The maximum absolute atomic E-state index is 13.0. The predicted octanol–water partition coefficient (Wildman–Crippen LogP) is 3.09. The zero-order valence-corrected chi connectivity index (χ0v) is 13.5. The van der Waals surface area contributed by atoms with Crippen LogP contribution in [0.3, 0.4) is 0 Å². The molecule has 23 heavy (non-hydrogen) atoms. The number of thioether (sulfide) groups is 1. The summed E-state index contributed by atoms with van der Waals surface area (Å²) in [5.74, 6) is -0.344. The third kappa shape index (κ3) is 3.90. The summed E-state index contributed by atoms with van der Waals surface area (Å²) in [6.07, 6.45) is 2.61. The average molecular weight is 331 g/mol. The molecule has 0 saturated carbocycles. The fourth-order valence-corrected chi connectivity index (χ4v) is 3.03. The number of halogens is 1. The highest BCUT2D eigenvalue weighted by Gasteiger charge is 2.30. The van der Waals surface area contributed by atoms with Crippen molar-refractivity contribution in [3.8, 4) is 0 Å². The molecule has 3 rings (SSSR count). The minimum atomic E-state index is -0.331. The molecule has 2 aromatic rings. The van der Waals surface area contributed by atoms with Crippen LogP contribution in [-0.4, -0.2) is 18.2 Å². The molecular formula is C17H18FN3OS. The smallest absolute Gasteiger partial charge is 0.242 e. The summed E-state index contributed by atoms with van der Waals surface area (Å²) in [6.45, 7) is 0. The van der Waals surface area contributed by atoms with E-state index in [2.05, 4.69) is 16.2 Å². The minimum absolute atomic E-state index is 0.0103. The lowest BCUT2D eigenvalue weighted by Crippen LogP contribution is -2.39. The van der Waals surface area contributed by atoms with Crippen LogP contribution in [0, 0.1) is 5.82 Å². The van der Waals surface area contributed by atoms with Crippen molar-refractivity contribution in [1.82, 2.24) is 10.9 Å². The van der Waals surface area contributed by atoms with E-state index >= 15 is 0 Å². The second kappa shape index (κ2) is 7.12. The molecule has 6 heteroatoms. The number of hydrazine groups is 1. The largest absolute Gasteiger partial charge is 0.325 e. The Morgan fingerprint density at radius 2 is 2.00 bits per heavy atom. The summed E-state index contributed by atoms with van der Waals surface area (Å²) in [4.78, 5) is 13.5. The first-order valence-corrected chi connectivity index (χ1v) is 8.59. The highest BCUT2D eigenvalue weighted by molar-refractivity contribution is 7.98. The molecule has 2 aromatic carbocycles. The minimum Gasteiger partial charge on any atom is -0.325 e. The van der Waals surface area contributed by atoms with Crippen LogP contribution in [0.25, 0.3) is 0 Å². The fraction of sp³-hybridized carbons (Fsp3) is 0.235. The van der Waals surface area contributed by atoms with Crippen LogP contribution in [0.4, 0.5) is 10.1 Å². The second-order valence-corrected chi connectivity index (χ2v) is 6.28. The van der Waals surface area contributed by atoms with Crippen molar-refractivity contribution >= 4 is 23.4 Å². The lowest BCUT2D eigenvalue weighted by Gasteiger charge is -2.11. The quantitative estimate of drug-likeness (QED) is 0.754. The third-order valence-electron chi connectivity index (χ3n) is 3.83. The maximum Gasteiger partial charge on any atom is 0.242 e. The van der Waals surface area contributed by atoms with Crippen molar-refractivity contribution in [1.29, 1.82) is 0 Å². The lowest BCUT2D eigenvalue weighted by molar-refractivity contribution is -0.117. The Morgan fingerprint density at radius 1 is 1.22 bits per heavy atom. The zero-order valence-electron chi connectivity index (χ0n) is 12.7. The normalized spacial score (nSPS) is 20.4. The molecule has 1 amide bonds. The number of hydrogen-bond acceptors (Lipinski definition) is 4. The van der Waals surface area contributed by atoms with E-state index in [1.54, 1.807) is 23.9 Å². The summed E-state index contributed by atoms with van der Waals surface area (Å²) in [5.41, 5.74) is 7.84. The van der Waals surface area contributed by atoms with Gasteiger partial charge in [0.15, 0.2) is 0 Å². The first-order valence-electron chi connectivity index (χ1n) is 7.37. The van der Waals surface area contributed by atoms with Crippen LogP contribution in [-0.2, 0) is 4.79 Å². The van der Waals surface area contributed by atoms with Gasteiger partial charge in [-0.1, -0.05) is 18.2 Å². The third-order valence-corrected chi connectivity index (χ3v) is 4.55. The Kier molecular flexibility index (Phi) is 4.95. The highest BCUT2D eigenvalue weighted by Crippen LogP contribution is 2.24. The molecule has 0 aliphatic carbocycles. The Hall–Kier alpha value is -1.89. The maximum atomic E-state index is 13.0. The van der Waals surface area contributed by atoms with Gasteiger partial charge in [0, 0.05) is 16.6 Å². The van der Waals surface area contributed by atoms with Gasteiger partial charge in [-0.25, -0.2) is 15.2 Å². The van der Waals surface area contributed by atoms with Gasteiger partial charge in [-0.2, -0.15) is 0 Å². The van der Waals surface area contributed by atoms with Gasteiger partial charge in [0.05, 0.1) is 0 Å². The monoisotopic (exact) mass is 331 g/mol. The van der Waals surface area contributed by atoms with Crippen LogP contribution in [0.2, 0.25) is 0 Å². The SMILES string of the molecule is CSc1cccc(NC(=O)C2CC(c3ccc(F)cc3)NN2)c1. The molecular weight excluding hydrogens is 313 g/mol. The molecule has 1 aliphatic heterocycles. The number of anilines is 1. The molecule has 1 heterocycles.